The van der Waals surface area contributed by atoms with E-state index in [2.05, 4.69) is 32.1 Å². The van der Waals surface area contributed by atoms with E-state index in [0.717, 1.165) is 61.6 Å². The first-order valence-electron chi connectivity index (χ1n) is 9.07. The maximum Gasteiger partial charge on any atom is 0.191 e. The molecule has 26 heavy (non-hydrogen) atoms. The molecule has 0 saturated heterocycles. The molecule has 0 saturated carbocycles. The molecule has 2 aromatic rings. The zero-order chi connectivity index (χ0) is 18.6. The first kappa shape index (κ1) is 20.6. The molecule has 0 atom stereocenters. The number of aryl methyl sites for hydroxylation is 2. The summed E-state index contributed by atoms with van der Waals surface area (Å²) in [6.45, 7) is 7.68. The van der Waals surface area contributed by atoms with Crippen molar-refractivity contribution in [2.75, 3.05) is 25.4 Å². The number of aromatic nitrogens is 2. The van der Waals surface area contributed by atoms with Crippen molar-refractivity contribution in [3.63, 3.8) is 0 Å². The summed E-state index contributed by atoms with van der Waals surface area (Å²) in [5.41, 5.74) is 0. The fraction of sp³-hybridized carbons (Fsp3) is 0.474. The zero-order valence-electron chi connectivity index (χ0n) is 15.5. The van der Waals surface area contributed by atoms with Crippen LogP contribution in [0.3, 0.4) is 0 Å². The van der Waals surface area contributed by atoms with Crippen molar-refractivity contribution < 1.29 is 0 Å². The summed E-state index contributed by atoms with van der Waals surface area (Å²) >= 11 is 7.72. The number of hydrogen-bond donors (Lipinski definition) is 2. The van der Waals surface area contributed by atoms with E-state index in [1.807, 2.05) is 55.3 Å². The van der Waals surface area contributed by atoms with Crippen LogP contribution in [0.25, 0.3) is 0 Å². The lowest BCUT2D eigenvalue weighted by Crippen LogP contribution is -2.38. The highest BCUT2D eigenvalue weighted by atomic mass is 35.5. The molecule has 142 valence electrons. The van der Waals surface area contributed by atoms with E-state index in [-0.39, 0.29) is 0 Å². The van der Waals surface area contributed by atoms with Crippen LogP contribution in [0, 0.1) is 6.92 Å². The summed E-state index contributed by atoms with van der Waals surface area (Å²) in [6, 6.07) is 7.95. The molecule has 0 radical (unpaired) electrons. The van der Waals surface area contributed by atoms with Crippen molar-refractivity contribution in [1.29, 1.82) is 0 Å². The average molecular weight is 394 g/mol. The molecule has 0 aliphatic heterocycles. The van der Waals surface area contributed by atoms with Crippen molar-refractivity contribution in [2.24, 2.45) is 4.99 Å². The Labute approximate surface area is 165 Å². The summed E-state index contributed by atoms with van der Waals surface area (Å²) in [6.07, 6.45) is 6.05. The average Bonchev–Trinajstić information content (AvgIpc) is 3.04. The van der Waals surface area contributed by atoms with Gasteiger partial charge in [0.15, 0.2) is 5.96 Å². The second-order valence-corrected chi connectivity index (χ2v) is 7.47. The zero-order valence-corrected chi connectivity index (χ0v) is 17.1. The van der Waals surface area contributed by atoms with Gasteiger partial charge in [0, 0.05) is 54.2 Å². The van der Waals surface area contributed by atoms with Gasteiger partial charge in [0.2, 0.25) is 0 Å². The van der Waals surface area contributed by atoms with Crippen LogP contribution in [0.1, 0.15) is 25.6 Å². The van der Waals surface area contributed by atoms with Crippen LogP contribution in [0.2, 0.25) is 5.02 Å². The van der Waals surface area contributed by atoms with Gasteiger partial charge in [-0.1, -0.05) is 11.6 Å². The van der Waals surface area contributed by atoms with E-state index in [1.165, 1.54) is 4.90 Å². The Morgan fingerprint density at radius 2 is 2.04 bits per heavy atom. The minimum absolute atomic E-state index is 0.775. The summed E-state index contributed by atoms with van der Waals surface area (Å²) in [7, 11) is 0. The highest BCUT2D eigenvalue weighted by molar-refractivity contribution is 7.99. The fourth-order valence-electron chi connectivity index (χ4n) is 2.44. The van der Waals surface area contributed by atoms with Crippen molar-refractivity contribution in [2.45, 2.75) is 38.1 Å². The van der Waals surface area contributed by atoms with Crippen LogP contribution in [0.5, 0.6) is 0 Å². The normalized spacial score (nSPS) is 11.6. The number of halogens is 1. The van der Waals surface area contributed by atoms with Crippen LogP contribution in [-0.4, -0.2) is 40.9 Å². The van der Waals surface area contributed by atoms with Crippen LogP contribution in [0.4, 0.5) is 0 Å². The Balaban J connectivity index is 1.63. The van der Waals surface area contributed by atoms with Crippen molar-refractivity contribution in [1.82, 2.24) is 20.2 Å². The van der Waals surface area contributed by atoms with E-state index in [1.54, 1.807) is 0 Å². The van der Waals surface area contributed by atoms with Gasteiger partial charge in [-0.2, -0.15) is 0 Å². The molecule has 0 aliphatic carbocycles. The molecular weight excluding hydrogens is 366 g/mol. The summed E-state index contributed by atoms with van der Waals surface area (Å²) in [5.74, 6) is 2.94. The van der Waals surface area contributed by atoms with Crippen LogP contribution in [-0.2, 0) is 6.54 Å². The highest BCUT2D eigenvalue weighted by Crippen LogP contribution is 2.19. The Bertz CT molecular complexity index is 669. The predicted molar refractivity (Wildman–Crippen MR) is 112 cm³/mol. The van der Waals surface area contributed by atoms with Gasteiger partial charge < -0.3 is 15.2 Å². The third kappa shape index (κ3) is 7.70. The standard InChI is InChI=1S/C19H28ClN5S/c1-3-21-19(23-10-4-5-13-25-14-11-22-16(25)2)24-12-15-26-18-8-6-17(20)7-9-18/h6-9,11,14H,3-5,10,12-13,15H2,1-2H3,(H2,21,23,24). The van der Waals surface area contributed by atoms with Gasteiger partial charge in [0.1, 0.15) is 5.82 Å². The Kier molecular flexibility index (Phi) is 9.42. The maximum atomic E-state index is 5.91. The summed E-state index contributed by atoms with van der Waals surface area (Å²) in [5, 5.41) is 7.47. The van der Waals surface area contributed by atoms with Gasteiger partial charge in [-0.05, 0) is 51.0 Å². The molecule has 0 spiro atoms. The molecule has 0 fully saturated rings. The van der Waals surface area contributed by atoms with Gasteiger partial charge in [-0.15, -0.1) is 11.8 Å². The quantitative estimate of drug-likeness (QED) is 0.277. The van der Waals surface area contributed by atoms with Crippen LogP contribution in [0.15, 0.2) is 46.5 Å². The van der Waals surface area contributed by atoms with Crippen LogP contribution < -0.4 is 10.6 Å². The first-order valence-corrected chi connectivity index (χ1v) is 10.4. The van der Waals surface area contributed by atoms with Gasteiger partial charge in [-0.3, -0.25) is 4.99 Å². The van der Waals surface area contributed by atoms with E-state index >= 15 is 0 Å². The van der Waals surface area contributed by atoms with E-state index in [4.69, 9.17) is 11.6 Å². The molecular formula is C19H28ClN5S. The molecule has 0 aliphatic rings. The van der Waals surface area contributed by atoms with E-state index < -0.39 is 0 Å². The lowest BCUT2D eigenvalue weighted by atomic mass is 10.3. The Morgan fingerprint density at radius 1 is 1.23 bits per heavy atom. The summed E-state index contributed by atoms with van der Waals surface area (Å²) < 4.78 is 2.18. The molecule has 0 unspecified atom stereocenters. The number of nitrogens with zero attached hydrogens (tertiary/aromatic N) is 3. The van der Waals surface area contributed by atoms with E-state index in [9.17, 15) is 0 Å². The molecule has 2 rings (SSSR count). The Morgan fingerprint density at radius 3 is 2.73 bits per heavy atom. The lowest BCUT2D eigenvalue weighted by molar-refractivity contribution is 0.600. The van der Waals surface area contributed by atoms with Crippen LogP contribution >= 0.6 is 23.4 Å². The van der Waals surface area contributed by atoms with Gasteiger partial charge in [0.25, 0.3) is 0 Å². The molecule has 5 nitrogen and oxygen atoms in total. The van der Waals surface area contributed by atoms with Gasteiger partial charge in [0.05, 0.1) is 0 Å². The summed E-state index contributed by atoms with van der Waals surface area (Å²) in [4.78, 5) is 10.1. The first-order chi connectivity index (χ1) is 12.7. The molecule has 1 aromatic carbocycles. The number of benzene rings is 1. The molecule has 1 heterocycles. The second kappa shape index (κ2) is 11.9. The lowest BCUT2D eigenvalue weighted by Gasteiger charge is -2.11. The predicted octanol–water partition coefficient (Wildman–Crippen LogP) is 3.97. The number of rotatable bonds is 10. The number of imidazole rings is 1. The SMILES string of the molecule is CCNC(=NCCCCn1ccnc1C)NCCSc1ccc(Cl)cc1. The fourth-order valence-corrected chi connectivity index (χ4v) is 3.33. The highest BCUT2D eigenvalue weighted by Gasteiger charge is 1.99. The molecule has 0 amide bonds. The number of thioether (sulfide) groups is 1. The maximum absolute atomic E-state index is 5.91. The number of aliphatic imine (C=N–C) groups is 1. The number of unbranched alkanes of at least 4 members (excludes halogenated alkanes) is 1. The topological polar surface area (TPSA) is 54.2 Å². The molecule has 0 bridgehead atoms. The Hall–Kier alpha value is -1.66. The smallest absolute Gasteiger partial charge is 0.191 e. The molecule has 2 N–H and O–H groups in total. The minimum atomic E-state index is 0.775. The minimum Gasteiger partial charge on any atom is -0.357 e. The van der Waals surface area contributed by atoms with Crippen molar-refractivity contribution in [3.8, 4) is 0 Å². The molecule has 7 heteroatoms. The third-order valence-electron chi connectivity index (χ3n) is 3.82. The van der Waals surface area contributed by atoms with Gasteiger partial charge in [-0.25, -0.2) is 4.98 Å². The van der Waals surface area contributed by atoms with Crippen molar-refractivity contribution >= 4 is 29.3 Å². The molecule has 1 aromatic heterocycles. The van der Waals surface area contributed by atoms with Gasteiger partial charge >= 0.3 is 0 Å². The number of guanidine groups is 1. The third-order valence-corrected chi connectivity index (χ3v) is 5.09. The van der Waals surface area contributed by atoms with Crippen molar-refractivity contribution in [3.05, 3.63) is 47.5 Å². The number of hydrogen-bond acceptors (Lipinski definition) is 3. The van der Waals surface area contributed by atoms with E-state index in [0.29, 0.717) is 0 Å². The monoisotopic (exact) mass is 393 g/mol. The largest absolute Gasteiger partial charge is 0.357 e. The second-order valence-electron chi connectivity index (χ2n) is 5.86. The number of nitrogens with one attached hydrogen (secondary N) is 2.